The normalized spacial score (nSPS) is 15.9. The fourth-order valence-electron chi connectivity index (χ4n) is 7.47. The van der Waals surface area contributed by atoms with Gasteiger partial charge < -0.3 is 25.7 Å². The summed E-state index contributed by atoms with van der Waals surface area (Å²) in [6.07, 6.45) is 6.20. The molecule has 0 spiro atoms. The van der Waals surface area contributed by atoms with Crippen LogP contribution in [0.15, 0.2) is 52.1 Å². The number of halogens is 1. The summed E-state index contributed by atoms with van der Waals surface area (Å²) >= 11 is 7.23. The maximum Gasteiger partial charge on any atom is 2.00 e. The molecule has 2 aromatic carbocycles. The van der Waals surface area contributed by atoms with Crippen LogP contribution in [0, 0.1) is 19.8 Å². The third kappa shape index (κ3) is 6.50. The fourth-order valence-corrected chi connectivity index (χ4v) is 7.80. The number of hydrogen-bond acceptors (Lipinski definition) is 9. The van der Waals surface area contributed by atoms with E-state index in [1.54, 1.807) is 21.1 Å². The van der Waals surface area contributed by atoms with E-state index in [0.717, 1.165) is 82.5 Å². The fraction of sp³-hybridized carbons (Fsp3) is 0.342. The number of nitrogens with zero attached hydrogens (tertiary/aromatic N) is 6. The number of methoxy groups -OCH3 is 1. The number of rotatable bonds is 9. The van der Waals surface area contributed by atoms with Crippen molar-refractivity contribution in [3.63, 3.8) is 0 Å². The van der Waals surface area contributed by atoms with Crippen molar-refractivity contribution in [1.82, 2.24) is 29.0 Å². The van der Waals surface area contributed by atoms with Crippen molar-refractivity contribution < 1.29 is 26.6 Å². The number of likely N-dealkylation sites (tertiary alicyclic amines) is 1. The molecule has 2 aliphatic rings. The summed E-state index contributed by atoms with van der Waals surface area (Å²) in [6, 6.07) is 14.2. The first kappa shape index (κ1) is 36.4. The van der Waals surface area contributed by atoms with Gasteiger partial charge >= 0.3 is 22.8 Å². The molecule has 263 valence electrons. The summed E-state index contributed by atoms with van der Waals surface area (Å²) < 4.78 is 8.32. The van der Waals surface area contributed by atoms with Gasteiger partial charge in [0.2, 0.25) is 5.88 Å². The van der Waals surface area contributed by atoms with Gasteiger partial charge in [0.1, 0.15) is 17.0 Å². The Morgan fingerprint density at radius 2 is 1.78 bits per heavy atom. The maximum absolute atomic E-state index is 13.2. The van der Waals surface area contributed by atoms with Gasteiger partial charge in [-0.3, -0.25) is 20.2 Å². The predicted octanol–water partition coefficient (Wildman–Crippen LogP) is 5.93. The van der Waals surface area contributed by atoms with Gasteiger partial charge in [-0.25, -0.2) is 26.2 Å². The molecule has 1 N–H and O–H groups in total. The summed E-state index contributed by atoms with van der Waals surface area (Å²) in [5, 5.41) is 4.15. The molecular weight excluding hydrogens is 709 g/mol. The summed E-state index contributed by atoms with van der Waals surface area (Å²) in [4.78, 5) is 53.1. The van der Waals surface area contributed by atoms with Gasteiger partial charge in [0.25, 0.3) is 5.56 Å². The Labute approximate surface area is 311 Å². The number of aromatic nitrogens is 5. The minimum atomic E-state index is -0.476. The average Bonchev–Trinajstić information content (AvgIpc) is 3.76. The van der Waals surface area contributed by atoms with E-state index in [1.807, 2.05) is 49.6 Å². The van der Waals surface area contributed by atoms with E-state index < -0.39 is 11.2 Å². The minimum Gasteiger partial charge on any atom is -0.542 e. The molecule has 1 saturated heterocycles. The molecule has 1 radical (unpaired) electrons. The van der Waals surface area contributed by atoms with Gasteiger partial charge in [-0.15, -0.1) is 6.54 Å². The summed E-state index contributed by atoms with van der Waals surface area (Å²) in [5.41, 5.74) is 6.60. The van der Waals surface area contributed by atoms with Crippen LogP contribution in [0.2, 0.25) is 5.02 Å². The van der Waals surface area contributed by atoms with Crippen LogP contribution in [0.5, 0.6) is 5.88 Å². The Balaban J connectivity index is 0.00000448. The molecule has 1 aliphatic heterocycles. The Hall–Kier alpha value is -4.35. The molecule has 0 saturated carbocycles. The van der Waals surface area contributed by atoms with Gasteiger partial charge in [0, 0.05) is 42.5 Å². The number of fused-ring (bicyclic) bond motifs is 2. The van der Waals surface area contributed by atoms with Crippen LogP contribution in [-0.4, -0.2) is 55.5 Å². The Morgan fingerprint density at radius 3 is 2.55 bits per heavy atom. The second-order valence-electron chi connectivity index (χ2n) is 13.1. The molecule has 3 aromatic heterocycles. The number of ether oxygens (including phenoxy) is 1. The van der Waals surface area contributed by atoms with E-state index in [2.05, 4.69) is 26.3 Å². The van der Waals surface area contributed by atoms with Crippen molar-refractivity contribution in [2.45, 2.75) is 52.0 Å². The van der Waals surface area contributed by atoms with Crippen molar-refractivity contribution in [2.75, 3.05) is 25.5 Å². The van der Waals surface area contributed by atoms with Crippen LogP contribution in [0.25, 0.3) is 33.4 Å². The molecule has 1 fully saturated rings. The number of nitrogens with one attached hydrogen (secondary N) is 1. The molecule has 7 rings (SSSR count). The molecule has 0 bridgehead atoms. The topological polar surface area (TPSA) is 124 Å². The molecule has 5 aromatic rings. The van der Waals surface area contributed by atoms with Gasteiger partial charge in [0.05, 0.1) is 17.8 Å². The van der Waals surface area contributed by atoms with Crippen molar-refractivity contribution in [1.29, 1.82) is 0 Å². The first-order chi connectivity index (χ1) is 24.1. The van der Waals surface area contributed by atoms with Gasteiger partial charge in [-0.05, 0) is 62.1 Å². The van der Waals surface area contributed by atoms with Crippen molar-refractivity contribution in [2.24, 2.45) is 14.1 Å². The van der Waals surface area contributed by atoms with Crippen LogP contribution in [0.4, 0.5) is 11.5 Å². The van der Waals surface area contributed by atoms with Crippen LogP contribution < -0.4 is 21.3 Å². The second-order valence-corrected chi connectivity index (χ2v) is 13.4. The van der Waals surface area contributed by atoms with Crippen LogP contribution in [0.1, 0.15) is 54.2 Å². The van der Waals surface area contributed by atoms with Gasteiger partial charge in [-0.2, -0.15) is 12.8 Å². The zero-order valence-corrected chi connectivity index (χ0v) is 31.1. The van der Waals surface area contributed by atoms with Crippen LogP contribution in [-0.2, 0) is 42.4 Å². The number of carbonyl (C=O) groups excluding carboxylic acids is 1. The molecule has 13 heteroatoms. The van der Waals surface area contributed by atoms with E-state index in [4.69, 9.17) is 21.3 Å². The van der Waals surface area contributed by atoms with Crippen molar-refractivity contribution >= 4 is 40.4 Å². The maximum atomic E-state index is 13.2. The number of hydrogen-bond donors (Lipinski definition) is 1. The minimum absolute atomic E-state index is 0. The van der Waals surface area contributed by atoms with Gasteiger partial charge in [0.15, 0.2) is 5.65 Å². The van der Waals surface area contributed by atoms with E-state index in [-0.39, 0.29) is 34.1 Å². The van der Waals surface area contributed by atoms with Crippen LogP contribution >= 0.6 is 11.6 Å². The number of anilines is 2. The molecule has 1 atom stereocenters. The number of benzene rings is 2. The van der Waals surface area contributed by atoms with Crippen molar-refractivity contribution in [3.8, 4) is 28.3 Å². The zero-order valence-electron chi connectivity index (χ0n) is 29.1. The zero-order chi connectivity index (χ0) is 35.3. The SMILES string of the molecule is COc1nc(-c2cccc(-c3cccc(Nc4nc(C)nc5c4c(=O)n(C)c(=O)n5C)c3C)c2Cl)cc2c1[C@@H](N1CC[C-](CC[C-]=O)C1)CC2.[Mn+2]. The molecule has 0 unspecified atom stereocenters. The van der Waals surface area contributed by atoms with E-state index in [9.17, 15) is 14.4 Å². The van der Waals surface area contributed by atoms with E-state index >= 15 is 0 Å². The largest absolute Gasteiger partial charge is 2.00 e. The molecule has 11 nitrogen and oxygen atoms in total. The molecule has 51 heavy (non-hydrogen) atoms. The average molecular weight is 747 g/mol. The van der Waals surface area contributed by atoms with E-state index in [0.29, 0.717) is 29.0 Å². The first-order valence-corrected chi connectivity index (χ1v) is 17.1. The smallest absolute Gasteiger partial charge is 0.542 e. The van der Waals surface area contributed by atoms with Crippen LogP contribution in [0.3, 0.4) is 0 Å². The number of aryl methyl sites for hydroxylation is 3. The van der Waals surface area contributed by atoms with Gasteiger partial charge in [-0.1, -0.05) is 41.9 Å². The third-order valence-electron chi connectivity index (χ3n) is 10.1. The molecular formula is C38H38ClMnN7O4. The predicted molar refractivity (Wildman–Crippen MR) is 195 cm³/mol. The summed E-state index contributed by atoms with van der Waals surface area (Å²) in [5.74, 6) is 2.77. The Bertz CT molecular complexity index is 2290. The molecule has 0 amide bonds. The Morgan fingerprint density at radius 1 is 1.04 bits per heavy atom. The standard InChI is InChI=1S/C38H38ClN7O4.Mn/c1-21-25(10-7-13-28(21)42-34-32-35(41-22(2)40-34)44(3)38(49)45(4)37(32)48)26-11-6-12-27(33(26)39)29-19-24-14-15-30(31(24)36(43-29)50-5)46-17-16-23(20-46)9-8-18-47;/h6-7,10-13,19,30H,8-9,14-17,20H2,1-5H3,(H,40,41,42);/q-2;+2/t30-;/m0./s1. The first-order valence-electron chi connectivity index (χ1n) is 16.7. The van der Waals surface area contributed by atoms with Crippen molar-refractivity contribution in [3.05, 3.63) is 96.8 Å². The summed E-state index contributed by atoms with van der Waals surface area (Å²) in [7, 11) is 4.70. The second kappa shape index (κ2) is 14.7. The molecule has 4 heterocycles. The quantitative estimate of drug-likeness (QED) is 0.144. The number of pyridine rings is 1. The Kier molecular flexibility index (Phi) is 10.5. The third-order valence-corrected chi connectivity index (χ3v) is 10.5. The summed E-state index contributed by atoms with van der Waals surface area (Å²) in [6.45, 7) is 5.57. The van der Waals surface area contributed by atoms with E-state index in [1.165, 1.54) is 23.1 Å². The molecule has 1 aliphatic carbocycles. The monoisotopic (exact) mass is 746 g/mol.